The molecule has 0 aromatic heterocycles. The first-order valence-corrected chi connectivity index (χ1v) is 7.85. The van der Waals surface area contributed by atoms with Gasteiger partial charge in [0.1, 0.15) is 0 Å². The molecular weight excluding hydrogens is 269 g/mol. The van der Waals surface area contributed by atoms with Crippen LogP contribution in [0.1, 0.15) is 18.9 Å². The fraction of sp³-hybridized carbons (Fsp3) is 0.333. The molecule has 2 aromatic carbocycles. The van der Waals surface area contributed by atoms with E-state index in [0.717, 1.165) is 37.1 Å². The molecule has 0 fully saturated rings. The molecule has 0 heterocycles. The molecule has 0 aliphatic carbocycles. The van der Waals surface area contributed by atoms with Gasteiger partial charge in [-0.1, -0.05) is 25.4 Å². The van der Waals surface area contributed by atoms with E-state index in [1.54, 1.807) is 0 Å². The summed E-state index contributed by atoms with van der Waals surface area (Å²) in [6.07, 6.45) is 2.80. The Hall–Kier alpha value is -2.10. The largest absolute Gasteiger partial charge is 0.375 e. The van der Waals surface area contributed by atoms with Gasteiger partial charge in [-0.3, -0.25) is 0 Å². The second kappa shape index (κ2) is 8.37. The van der Waals surface area contributed by atoms with Crippen LogP contribution in [0, 0.1) is 0 Å². The topological polar surface area (TPSA) is 27.3 Å². The van der Waals surface area contributed by atoms with Crippen molar-refractivity contribution < 1.29 is 0 Å². The van der Waals surface area contributed by atoms with Gasteiger partial charge in [-0.15, -0.1) is 0 Å². The molecule has 0 saturated heterocycles. The molecule has 0 unspecified atom stereocenters. The van der Waals surface area contributed by atoms with Crippen molar-refractivity contribution in [2.45, 2.75) is 26.1 Å². The third kappa shape index (κ3) is 4.73. The zero-order valence-corrected chi connectivity index (χ0v) is 13.5. The Kier molecular flexibility index (Phi) is 6.20. The van der Waals surface area contributed by atoms with Crippen LogP contribution in [0.25, 0.3) is 0 Å². The Labute approximate surface area is 135 Å². The summed E-state index contributed by atoms with van der Waals surface area (Å²) in [5, 5.41) is 0. The van der Waals surface area contributed by atoms with Crippen LogP contribution in [-0.2, 0) is 6.42 Å². The lowest BCUT2D eigenvalue weighted by Crippen LogP contribution is -2.18. The van der Waals surface area contributed by atoms with Crippen molar-refractivity contribution in [2.75, 3.05) is 29.3 Å². The number of benzene rings is 2. The summed E-state index contributed by atoms with van der Waals surface area (Å²) in [6, 6.07) is 16.8. The van der Waals surface area contributed by atoms with Crippen LogP contribution in [0.5, 0.6) is 0 Å². The van der Waals surface area contributed by atoms with E-state index in [2.05, 4.69) is 78.3 Å². The van der Waals surface area contributed by atoms with Gasteiger partial charge in [0, 0.05) is 19.3 Å². The van der Waals surface area contributed by atoms with Crippen molar-refractivity contribution in [2.24, 2.45) is 0 Å². The van der Waals surface area contributed by atoms with Gasteiger partial charge < -0.3 is 15.8 Å². The molecule has 2 aromatic rings. The average molecular weight is 293 g/mol. The second-order valence-electron chi connectivity index (χ2n) is 5.41. The van der Waals surface area contributed by atoms with E-state index in [-0.39, 0.29) is 0 Å². The molecule has 2 radical (unpaired) electrons. The maximum Gasteiger partial charge on any atom is 0.0653 e. The molecule has 0 bridgehead atoms. The average Bonchev–Trinajstić information content (AvgIpc) is 2.58. The summed E-state index contributed by atoms with van der Waals surface area (Å²) in [4.78, 5) is 2.22. The number of rotatable bonds is 8. The number of hydrazine groups is 1. The summed E-state index contributed by atoms with van der Waals surface area (Å²) in [6.45, 7) is 3.14. The maximum absolute atomic E-state index is 5.55. The summed E-state index contributed by atoms with van der Waals surface area (Å²) >= 11 is 0. The van der Waals surface area contributed by atoms with Crippen LogP contribution in [0.3, 0.4) is 0 Å². The van der Waals surface area contributed by atoms with Gasteiger partial charge >= 0.3 is 0 Å². The van der Waals surface area contributed by atoms with Crippen LogP contribution in [0.15, 0.2) is 48.5 Å². The van der Waals surface area contributed by atoms with Gasteiger partial charge in [0.05, 0.1) is 19.2 Å². The van der Waals surface area contributed by atoms with Crippen molar-refractivity contribution in [3.63, 3.8) is 0 Å². The Morgan fingerprint density at radius 2 is 1.45 bits per heavy atom. The minimum absolute atomic E-state index is 0.727. The molecule has 22 heavy (non-hydrogen) atoms. The molecule has 2 N–H and O–H groups in total. The monoisotopic (exact) mass is 293 g/mol. The molecule has 114 valence electrons. The molecule has 0 aliphatic rings. The van der Waals surface area contributed by atoms with Crippen LogP contribution >= 0.6 is 0 Å². The van der Waals surface area contributed by atoms with Crippen LogP contribution < -0.4 is 15.8 Å². The Bertz CT molecular complexity index is 552. The van der Waals surface area contributed by atoms with Crippen LogP contribution in [0.2, 0.25) is 6.32 Å². The summed E-state index contributed by atoms with van der Waals surface area (Å²) < 4.78 is 0. The van der Waals surface area contributed by atoms with Crippen molar-refractivity contribution in [3.05, 3.63) is 54.1 Å². The lowest BCUT2D eigenvalue weighted by atomic mass is 10.0. The third-order valence-electron chi connectivity index (χ3n) is 3.72. The van der Waals surface area contributed by atoms with Crippen molar-refractivity contribution >= 4 is 24.9 Å². The van der Waals surface area contributed by atoms with Crippen LogP contribution in [-0.4, -0.2) is 21.4 Å². The Morgan fingerprint density at radius 3 is 1.95 bits per heavy atom. The molecule has 0 spiro atoms. The highest BCUT2D eigenvalue weighted by Crippen LogP contribution is 2.18. The maximum atomic E-state index is 5.55. The molecule has 2 rings (SSSR count). The van der Waals surface area contributed by atoms with Crippen molar-refractivity contribution in [1.82, 2.24) is 0 Å². The van der Waals surface area contributed by atoms with E-state index in [1.165, 1.54) is 11.3 Å². The molecule has 0 amide bonds. The summed E-state index contributed by atoms with van der Waals surface area (Å²) in [5.41, 5.74) is 11.1. The molecule has 0 saturated carbocycles. The second-order valence-corrected chi connectivity index (χ2v) is 5.41. The highest BCUT2D eigenvalue weighted by Gasteiger charge is 2.00. The van der Waals surface area contributed by atoms with E-state index in [0.29, 0.717) is 0 Å². The first-order valence-electron chi connectivity index (χ1n) is 7.85. The number of hydrogen-bond donors (Lipinski definition) is 2. The predicted octanol–water partition coefficient (Wildman–Crippen LogP) is 4.10. The van der Waals surface area contributed by atoms with E-state index in [9.17, 15) is 0 Å². The van der Waals surface area contributed by atoms with Gasteiger partial charge in [-0.05, 0) is 54.8 Å². The highest BCUT2D eigenvalue weighted by molar-refractivity contribution is 6.08. The van der Waals surface area contributed by atoms with E-state index in [1.807, 2.05) is 0 Å². The normalized spacial score (nSPS) is 10.3. The van der Waals surface area contributed by atoms with Gasteiger partial charge in [0.2, 0.25) is 0 Å². The minimum atomic E-state index is 0.727. The molecule has 0 aliphatic heterocycles. The fourth-order valence-electron chi connectivity index (χ4n) is 2.22. The minimum Gasteiger partial charge on any atom is -0.375 e. The number of hydrogen-bond acceptors (Lipinski definition) is 3. The molecule has 4 heteroatoms. The molecular formula is C18H24BN3. The van der Waals surface area contributed by atoms with E-state index >= 15 is 0 Å². The number of aryl methyl sites for hydroxylation is 1. The molecule has 3 nitrogen and oxygen atoms in total. The zero-order chi connectivity index (χ0) is 15.8. The lowest BCUT2D eigenvalue weighted by molar-refractivity contribution is 0.851. The number of nitrogens with zero attached hydrogens (tertiary/aromatic N) is 1. The third-order valence-corrected chi connectivity index (χ3v) is 3.72. The Balaban J connectivity index is 1.87. The van der Waals surface area contributed by atoms with Gasteiger partial charge in [0.15, 0.2) is 0 Å². The number of anilines is 3. The zero-order valence-electron chi connectivity index (χ0n) is 13.5. The van der Waals surface area contributed by atoms with E-state index in [4.69, 9.17) is 7.85 Å². The van der Waals surface area contributed by atoms with E-state index < -0.39 is 0 Å². The van der Waals surface area contributed by atoms with Crippen LogP contribution in [0.4, 0.5) is 17.1 Å². The lowest BCUT2D eigenvalue weighted by Gasteiger charge is -2.19. The SMILES string of the molecule is [B]CCCN(C)c1ccc(NNc2ccc(CC)cc2)cc1. The van der Waals surface area contributed by atoms with Crippen molar-refractivity contribution in [1.29, 1.82) is 0 Å². The molecule has 0 atom stereocenters. The van der Waals surface area contributed by atoms with Gasteiger partial charge in [-0.25, -0.2) is 0 Å². The van der Waals surface area contributed by atoms with Gasteiger partial charge in [0.25, 0.3) is 0 Å². The first kappa shape index (κ1) is 16.3. The van der Waals surface area contributed by atoms with Gasteiger partial charge in [-0.2, -0.15) is 0 Å². The van der Waals surface area contributed by atoms with Crippen molar-refractivity contribution in [3.8, 4) is 0 Å². The Morgan fingerprint density at radius 1 is 0.909 bits per heavy atom. The quantitative estimate of drug-likeness (QED) is 0.567. The number of nitrogens with one attached hydrogen (secondary N) is 2. The summed E-state index contributed by atoms with van der Waals surface area (Å²) in [5.74, 6) is 0. The predicted molar refractivity (Wildman–Crippen MR) is 98.0 cm³/mol. The first-order chi connectivity index (χ1) is 10.7. The summed E-state index contributed by atoms with van der Waals surface area (Å²) in [7, 11) is 7.64. The standard InChI is InChI=1S/C18H24BN3/c1-3-15-5-7-16(8-6-15)20-21-17-9-11-18(12-10-17)22(2)14-4-13-19/h5-12,20-21H,3-4,13-14H2,1-2H3. The fourth-order valence-corrected chi connectivity index (χ4v) is 2.22. The smallest absolute Gasteiger partial charge is 0.0653 e. The highest BCUT2D eigenvalue weighted by atomic mass is 15.4.